The molecule has 1 aliphatic rings. The van der Waals surface area contributed by atoms with E-state index in [0.717, 1.165) is 41.1 Å². The highest BCUT2D eigenvalue weighted by Crippen LogP contribution is 2.42. The maximum absolute atomic E-state index is 14.6. The van der Waals surface area contributed by atoms with Gasteiger partial charge in [-0.2, -0.15) is 5.10 Å². The highest BCUT2D eigenvalue weighted by molar-refractivity contribution is 7.88. The molecule has 1 amide bonds. The second-order valence-electron chi connectivity index (χ2n) is 11.5. The molecular formula is C32H29FN8O3S. The fourth-order valence-corrected chi connectivity index (χ4v) is 6.68. The number of amides is 1. The standard InChI is InChI=1S/C32H29FN8O3S/c1-45(43,44)37-14-18-9-19(12-22(33)10-18)23-5-4-6-25-28(23)39-30(38-25)29-24-13-26(36-17-27(24)40-41-29)20-11-21(16-35-15-20)32(31(34)42)7-2-3-8-32/h4-6,9-13,15-17,37H,2-3,7-8,14H2,1H3,(H2,34,42)(H,38,39)(H,40,41). The number of fused-ring (bicyclic) bond motifs is 2. The SMILES string of the molecule is CS(=O)(=O)NCc1cc(F)cc(-c2cccc3[nH]c(-c4n[nH]c5cnc(-c6cncc(C7(C(N)=O)CCCC7)c6)cc45)nc23)c1. The van der Waals surface area contributed by atoms with Gasteiger partial charge in [-0.15, -0.1) is 0 Å². The van der Waals surface area contributed by atoms with Crippen LogP contribution in [-0.2, 0) is 26.8 Å². The molecule has 0 atom stereocenters. The van der Waals surface area contributed by atoms with Crippen LogP contribution < -0.4 is 10.5 Å². The fraction of sp³-hybridized carbons (Fsp3) is 0.219. The molecule has 0 bridgehead atoms. The van der Waals surface area contributed by atoms with Gasteiger partial charge in [0.1, 0.15) is 11.5 Å². The van der Waals surface area contributed by atoms with Gasteiger partial charge >= 0.3 is 0 Å². The van der Waals surface area contributed by atoms with E-state index in [4.69, 9.17) is 10.7 Å². The first-order valence-corrected chi connectivity index (χ1v) is 16.3. The van der Waals surface area contributed by atoms with Crippen LogP contribution in [-0.4, -0.2) is 50.7 Å². The van der Waals surface area contributed by atoms with Crippen molar-refractivity contribution in [2.75, 3.05) is 6.26 Å². The Morgan fingerprint density at radius 1 is 1.04 bits per heavy atom. The van der Waals surface area contributed by atoms with E-state index >= 15 is 0 Å². The highest BCUT2D eigenvalue weighted by atomic mass is 32.2. The zero-order chi connectivity index (χ0) is 31.3. The summed E-state index contributed by atoms with van der Waals surface area (Å²) in [6.07, 6.45) is 9.47. The van der Waals surface area contributed by atoms with E-state index in [1.54, 1.807) is 24.7 Å². The monoisotopic (exact) mass is 624 g/mol. The number of primary amides is 1. The number of H-pyrrole nitrogens is 2. The number of rotatable bonds is 8. The molecule has 4 aromatic heterocycles. The number of pyridine rings is 2. The van der Waals surface area contributed by atoms with E-state index in [-0.39, 0.29) is 12.5 Å². The lowest BCUT2D eigenvalue weighted by Gasteiger charge is -2.25. The Kier molecular flexibility index (Phi) is 6.94. The summed E-state index contributed by atoms with van der Waals surface area (Å²) in [6.45, 7) is -0.0387. The lowest BCUT2D eigenvalue weighted by atomic mass is 9.78. The molecule has 6 aromatic rings. The second-order valence-corrected chi connectivity index (χ2v) is 13.4. The van der Waals surface area contributed by atoms with Gasteiger partial charge in [0, 0.05) is 35.5 Å². The van der Waals surface area contributed by atoms with Crippen LogP contribution in [0.1, 0.15) is 36.8 Å². The van der Waals surface area contributed by atoms with Crippen LogP contribution in [0.4, 0.5) is 4.39 Å². The molecule has 5 N–H and O–H groups in total. The summed E-state index contributed by atoms with van der Waals surface area (Å²) >= 11 is 0. The molecule has 11 nitrogen and oxygen atoms in total. The summed E-state index contributed by atoms with van der Waals surface area (Å²) in [4.78, 5) is 29.8. The van der Waals surface area contributed by atoms with Crippen LogP contribution in [0.25, 0.3) is 55.8 Å². The molecule has 1 aliphatic carbocycles. The predicted molar refractivity (Wildman–Crippen MR) is 169 cm³/mol. The van der Waals surface area contributed by atoms with Gasteiger partial charge in [0.15, 0.2) is 5.82 Å². The van der Waals surface area contributed by atoms with Crippen LogP contribution >= 0.6 is 0 Å². The molecule has 4 heterocycles. The van der Waals surface area contributed by atoms with Crippen LogP contribution in [0, 0.1) is 5.82 Å². The molecule has 0 aliphatic heterocycles. The minimum absolute atomic E-state index is 0.0387. The number of hydrogen-bond acceptors (Lipinski definition) is 7. The molecule has 2 aromatic carbocycles. The Morgan fingerprint density at radius 2 is 1.87 bits per heavy atom. The number of para-hydroxylation sites is 1. The zero-order valence-electron chi connectivity index (χ0n) is 24.3. The molecule has 45 heavy (non-hydrogen) atoms. The number of sulfonamides is 1. The van der Waals surface area contributed by atoms with Crippen LogP contribution in [0.15, 0.2) is 67.1 Å². The van der Waals surface area contributed by atoms with Crippen molar-refractivity contribution in [1.29, 1.82) is 0 Å². The number of carbonyl (C=O) groups excluding carboxylic acids is 1. The van der Waals surface area contributed by atoms with Crippen molar-refractivity contribution in [3.8, 4) is 33.9 Å². The van der Waals surface area contributed by atoms with Crippen molar-refractivity contribution in [2.24, 2.45) is 5.73 Å². The van der Waals surface area contributed by atoms with Gasteiger partial charge < -0.3 is 10.7 Å². The van der Waals surface area contributed by atoms with Gasteiger partial charge in [-0.1, -0.05) is 25.0 Å². The number of nitrogens with zero attached hydrogens (tertiary/aromatic N) is 4. The normalized spacial score (nSPS) is 14.8. The van der Waals surface area contributed by atoms with Crippen molar-refractivity contribution >= 4 is 37.9 Å². The summed E-state index contributed by atoms with van der Waals surface area (Å²) in [6, 6.07) is 13.8. The molecule has 0 spiro atoms. The Labute approximate surface area is 257 Å². The Bertz CT molecular complexity index is 2220. The summed E-state index contributed by atoms with van der Waals surface area (Å²) in [5, 5.41) is 8.32. The third-order valence-corrected chi connectivity index (χ3v) is 9.18. The first-order valence-electron chi connectivity index (χ1n) is 14.4. The average molecular weight is 625 g/mol. The van der Waals surface area contributed by atoms with Crippen LogP contribution in [0.5, 0.6) is 0 Å². The average Bonchev–Trinajstić information content (AvgIpc) is 3.77. The maximum atomic E-state index is 14.6. The van der Waals surface area contributed by atoms with Crippen molar-refractivity contribution in [2.45, 2.75) is 37.6 Å². The Hall–Kier alpha value is -5.01. The van der Waals surface area contributed by atoms with Crippen molar-refractivity contribution in [3.05, 3.63) is 84.1 Å². The largest absolute Gasteiger partial charge is 0.369 e. The van der Waals surface area contributed by atoms with E-state index in [2.05, 4.69) is 29.9 Å². The molecule has 0 unspecified atom stereocenters. The number of benzene rings is 2. The first-order chi connectivity index (χ1) is 21.6. The van der Waals surface area contributed by atoms with Gasteiger partial charge in [-0.05, 0) is 65.9 Å². The van der Waals surface area contributed by atoms with E-state index in [9.17, 15) is 17.6 Å². The second kappa shape index (κ2) is 10.9. The Morgan fingerprint density at radius 3 is 2.64 bits per heavy atom. The van der Waals surface area contributed by atoms with E-state index < -0.39 is 21.3 Å². The number of aromatic amines is 2. The van der Waals surface area contributed by atoms with Crippen molar-refractivity contribution in [1.82, 2.24) is 34.9 Å². The lowest BCUT2D eigenvalue weighted by molar-refractivity contribution is -0.123. The number of carbonyl (C=O) groups is 1. The minimum Gasteiger partial charge on any atom is -0.369 e. The molecule has 0 saturated heterocycles. The molecular weight excluding hydrogens is 595 g/mol. The van der Waals surface area contributed by atoms with E-state index in [1.165, 1.54) is 12.1 Å². The number of hydrogen-bond donors (Lipinski definition) is 4. The lowest BCUT2D eigenvalue weighted by Crippen LogP contribution is -2.38. The summed E-state index contributed by atoms with van der Waals surface area (Å²) in [5.74, 6) is -0.317. The maximum Gasteiger partial charge on any atom is 0.228 e. The van der Waals surface area contributed by atoms with Crippen LogP contribution in [0.2, 0.25) is 0 Å². The number of aromatic nitrogens is 6. The number of imidazole rings is 1. The van der Waals surface area contributed by atoms with Gasteiger partial charge in [0.05, 0.1) is 40.1 Å². The molecule has 1 saturated carbocycles. The minimum atomic E-state index is -3.45. The van der Waals surface area contributed by atoms with E-state index in [1.807, 2.05) is 30.3 Å². The zero-order valence-corrected chi connectivity index (χ0v) is 25.1. The van der Waals surface area contributed by atoms with Crippen molar-refractivity contribution < 1.29 is 17.6 Å². The fourth-order valence-electron chi connectivity index (χ4n) is 6.25. The molecule has 1 fully saturated rings. The third-order valence-electron chi connectivity index (χ3n) is 8.51. The van der Waals surface area contributed by atoms with Crippen molar-refractivity contribution in [3.63, 3.8) is 0 Å². The Balaban J connectivity index is 1.27. The quantitative estimate of drug-likeness (QED) is 0.190. The van der Waals surface area contributed by atoms with Gasteiger partial charge in [0.2, 0.25) is 15.9 Å². The predicted octanol–water partition coefficient (Wildman–Crippen LogP) is 4.72. The van der Waals surface area contributed by atoms with E-state index in [0.29, 0.717) is 57.8 Å². The molecule has 0 radical (unpaired) electrons. The number of nitrogens with one attached hydrogen (secondary N) is 3. The van der Waals surface area contributed by atoms with Gasteiger partial charge in [0.25, 0.3) is 0 Å². The van der Waals surface area contributed by atoms with Gasteiger partial charge in [-0.25, -0.2) is 22.5 Å². The smallest absolute Gasteiger partial charge is 0.228 e. The summed E-state index contributed by atoms with van der Waals surface area (Å²) in [5.41, 5.74) is 11.7. The van der Waals surface area contributed by atoms with Gasteiger partial charge in [-0.3, -0.25) is 19.9 Å². The highest BCUT2D eigenvalue weighted by Gasteiger charge is 2.41. The molecule has 228 valence electrons. The third kappa shape index (κ3) is 5.34. The molecule has 7 rings (SSSR count). The topological polar surface area (TPSA) is 172 Å². The molecule has 13 heteroatoms. The van der Waals surface area contributed by atoms with Crippen LogP contribution in [0.3, 0.4) is 0 Å². The number of halogens is 1. The number of nitrogens with two attached hydrogens (primary N) is 1. The summed E-state index contributed by atoms with van der Waals surface area (Å²) < 4.78 is 40.2. The summed E-state index contributed by atoms with van der Waals surface area (Å²) in [7, 11) is -3.45. The first kappa shape index (κ1) is 28.7.